The molecule has 2 aromatic heterocycles. The second kappa shape index (κ2) is 6.52. The fraction of sp³-hybridized carbons (Fsp3) is 0.118. The highest BCUT2D eigenvalue weighted by molar-refractivity contribution is 5.94. The minimum absolute atomic E-state index is 0.0555. The van der Waals surface area contributed by atoms with E-state index in [4.69, 9.17) is 19.3 Å². The lowest BCUT2D eigenvalue weighted by Crippen LogP contribution is -2.38. The molecule has 8 heteroatoms. The van der Waals surface area contributed by atoms with Crippen molar-refractivity contribution in [3.63, 3.8) is 0 Å². The summed E-state index contributed by atoms with van der Waals surface area (Å²) in [5.74, 6) is -0.655. The molecule has 0 aliphatic rings. The highest BCUT2D eigenvalue weighted by Crippen LogP contribution is 2.31. The summed E-state index contributed by atoms with van der Waals surface area (Å²) in [7, 11) is 0. The molecular weight excluding hydrogens is 328 g/mol. The molecule has 8 nitrogen and oxygen atoms in total. The average Bonchev–Trinajstić information content (AvgIpc) is 3.07. The summed E-state index contributed by atoms with van der Waals surface area (Å²) in [6, 6.07) is 7.29. The maximum Gasteiger partial charge on any atom is 0.318 e. The van der Waals surface area contributed by atoms with Crippen LogP contribution in [-0.4, -0.2) is 18.5 Å². The predicted molar refractivity (Wildman–Crippen MR) is 88.1 cm³/mol. The molecule has 1 aromatic carbocycles. The average molecular weight is 342 g/mol. The van der Waals surface area contributed by atoms with Crippen molar-refractivity contribution in [3.05, 3.63) is 52.4 Å². The van der Waals surface area contributed by atoms with E-state index in [1.165, 1.54) is 6.26 Å². The van der Waals surface area contributed by atoms with Gasteiger partial charge in [0.25, 0.3) is 5.91 Å². The number of ether oxygens (including phenoxy) is 1. The Balaban J connectivity index is 2.08. The van der Waals surface area contributed by atoms with Crippen molar-refractivity contribution >= 4 is 22.9 Å². The molecule has 0 saturated carbocycles. The number of imide groups is 1. The largest absolute Gasteiger partial charge is 0.476 e. The Hall–Kier alpha value is -3.55. The van der Waals surface area contributed by atoms with Gasteiger partial charge in [-0.1, -0.05) is 6.07 Å². The smallest absolute Gasteiger partial charge is 0.318 e. The minimum Gasteiger partial charge on any atom is -0.476 e. The molecule has 0 bridgehead atoms. The third-order valence-electron chi connectivity index (χ3n) is 3.36. The maximum absolute atomic E-state index is 12.7. The van der Waals surface area contributed by atoms with Gasteiger partial charge in [-0.3, -0.25) is 14.9 Å². The van der Waals surface area contributed by atoms with Gasteiger partial charge in [-0.2, -0.15) is 0 Å². The number of furan rings is 1. The van der Waals surface area contributed by atoms with Gasteiger partial charge in [-0.15, -0.1) is 0 Å². The van der Waals surface area contributed by atoms with Gasteiger partial charge in [-0.05, 0) is 36.8 Å². The van der Waals surface area contributed by atoms with E-state index >= 15 is 0 Å². The van der Waals surface area contributed by atoms with Crippen LogP contribution in [0.25, 0.3) is 22.5 Å². The molecule has 0 atom stereocenters. The molecule has 0 unspecified atom stereocenters. The van der Waals surface area contributed by atoms with E-state index < -0.39 is 24.0 Å². The highest BCUT2D eigenvalue weighted by atomic mass is 16.5. The third-order valence-corrected chi connectivity index (χ3v) is 3.36. The molecule has 3 N–H and O–H groups in total. The summed E-state index contributed by atoms with van der Waals surface area (Å²) < 4.78 is 16.4. The van der Waals surface area contributed by atoms with Crippen LogP contribution in [0.15, 0.2) is 50.2 Å². The van der Waals surface area contributed by atoms with Crippen LogP contribution in [-0.2, 0) is 4.79 Å². The fourth-order valence-corrected chi connectivity index (χ4v) is 2.30. The van der Waals surface area contributed by atoms with E-state index in [2.05, 4.69) is 0 Å². The third kappa shape index (κ3) is 3.37. The van der Waals surface area contributed by atoms with Crippen molar-refractivity contribution in [1.29, 1.82) is 0 Å². The second-order valence-corrected chi connectivity index (χ2v) is 5.27. The Labute approximate surface area is 141 Å². The Morgan fingerprint density at radius 1 is 1.28 bits per heavy atom. The summed E-state index contributed by atoms with van der Waals surface area (Å²) in [5.41, 5.74) is 5.69. The molecule has 3 aromatic rings. The van der Waals surface area contributed by atoms with Crippen molar-refractivity contribution in [2.45, 2.75) is 6.92 Å². The zero-order valence-corrected chi connectivity index (χ0v) is 13.2. The molecule has 128 valence electrons. The number of amides is 3. The number of rotatable bonds is 4. The van der Waals surface area contributed by atoms with E-state index in [9.17, 15) is 14.4 Å². The van der Waals surface area contributed by atoms with Crippen molar-refractivity contribution in [2.75, 3.05) is 6.61 Å². The van der Waals surface area contributed by atoms with Gasteiger partial charge >= 0.3 is 6.03 Å². The Morgan fingerprint density at radius 2 is 2.08 bits per heavy atom. The summed E-state index contributed by atoms with van der Waals surface area (Å²) in [6.45, 7) is 1.28. The molecule has 0 aliphatic carbocycles. The van der Waals surface area contributed by atoms with Crippen molar-refractivity contribution in [3.8, 4) is 17.3 Å². The first kappa shape index (κ1) is 16.3. The molecule has 3 rings (SSSR count). The van der Waals surface area contributed by atoms with Crippen LogP contribution >= 0.6 is 0 Å². The first-order valence-electron chi connectivity index (χ1n) is 7.29. The lowest BCUT2D eigenvalue weighted by atomic mass is 10.1. The van der Waals surface area contributed by atoms with Gasteiger partial charge in [0.2, 0.25) is 16.9 Å². The predicted octanol–water partition coefficient (Wildman–Crippen LogP) is 1.94. The molecule has 0 aliphatic heterocycles. The van der Waals surface area contributed by atoms with E-state index in [-0.39, 0.29) is 17.3 Å². The van der Waals surface area contributed by atoms with Crippen LogP contribution in [0, 0.1) is 6.92 Å². The number of hydrogen-bond acceptors (Lipinski definition) is 6. The first-order valence-corrected chi connectivity index (χ1v) is 7.29. The number of benzene rings is 1. The summed E-state index contributed by atoms with van der Waals surface area (Å²) in [5, 5.41) is 2.15. The van der Waals surface area contributed by atoms with Gasteiger partial charge in [0.15, 0.2) is 12.4 Å². The van der Waals surface area contributed by atoms with Gasteiger partial charge in [0.1, 0.15) is 5.58 Å². The van der Waals surface area contributed by atoms with Crippen molar-refractivity contribution < 1.29 is 23.2 Å². The van der Waals surface area contributed by atoms with E-state index in [0.29, 0.717) is 11.0 Å². The molecule has 0 fully saturated rings. The number of nitrogens with two attached hydrogens (primary N) is 1. The highest BCUT2D eigenvalue weighted by Gasteiger charge is 2.20. The zero-order chi connectivity index (χ0) is 18.0. The van der Waals surface area contributed by atoms with Crippen LogP contribution in [0.4, 0.5) is 4.79 Å². The number of carbonyl (C=O) groups is 2. The summed E-state index contributed by atoms with van der Waals surface area (Å²) in [6.07, 6.45) is 1.42. The number of nitrogens with one attached hydrogen (secondary N) is 1. The molecule has 0 radical (unpaired) electrons. The van der Waals surface area contributed by atoms with Crippen LogP contribution < -0.4 is 21.2 Å². The molecule has 25 heavy (non-hydrogen) atoms. The summed E-state index contributed by atoms with van der Waals surface area (Å²) >= 11 is 0. The number of fused-ring (bicyclic) bond motifs is 1. The van der Waals surface area contributed by atoms with Gasteiger partial charge in [-0.25, -0.2) is 4.79 Å². The van der Waals surface area contributed by atoms with Gasteiger partial charge in [0, 0.05) is 0 Å². The maximum atomic E-state index is 12.7. The fourth-order valence-electron chi connectivity index (χ4n) is 2.30. The number of primary amides is 1. The lowest BCUT2D eigenvalue weighted by molar-refractivity contribution is -0.121. The van der Waals surface area contributed by atoms with E-state index in [1.54, 1.807) is 30.3 Å². The Bertz CT molecular complexity index is 1000. The molecular formula is C17H14N2O6. The quantitative estimate of drug-likeness (QED) is 0.746. The van der Waals surface area contributed by atoms with Crippen LogP contribution in [0.3, 0.4) is 0 Å². The Kier molecular flexibility index (Phi) is 4.25. The second-order valence-electron chi connectivity index (χ2n) is 5.27. The monoisotopic (exact) mass is 342 g/mol. The van der Waals surface area contributed by atoms with Crippen molar-refractivity contribution in [2.24, 2.45) is 5.73 Å². The van der Waals surface area contributed by atoms with E-state index in [0.717, 1.165) is 5.56 Å². The minimum atomic E-state index is -1.01. The number of aryl methyl sites for hydroxylation is 1. The van der Waals surface area contributed by atoms with Gasteiger partial charge < -0.3 is 19.3 Å². The molecule has 2 heterocycles. The van der Waals surface area contributed by atoms with Gasteiger partial charge in [0.05, 0.1) is 11.6 Å². The molecule has 3 amide bonds. The number of hydrogen-bond donors (Lipinski definition) is 2. The zero-order valence-electron chi connectivity index (χ0n) is 13.2. The van der Waals surface area contributed by atoms with Crippen LogP contribution in [0.5, 0.6) is 5.75 Å². The lowest BCUT2D eigenvalue weighted by Gasteiger charge is -2.10. The number of urea groups is 1. The van der Waals surface area contributed by atoms with Crippen LogP contribution in [0.2, 0.25) is 0 Å². The SMILES string of the molecule is Cc1ccc2c(=O)c(OCC(=O)NC(N)=O)c(-c3ccco3)oc2c1. The number of carbonyl (C=O) groups excluding carboxylic acids is 2. The topological polar surface area (TPSA) is 125 Å². The van der Waals surface area contributed by atoms with Crippen molar-refractivity contribution in [1.82, 2.24) is 5.32 Å². The molecule has 0 saturated heterocycles. The summed E-state index contributed by atoms with van der Waals surface area (Å²) in [4.78, 5) is 35.0. The Morgan fingerprint density at radius 3 is 2.76 bits per heavy atom. The van der Waals surface area contributed by atoms with Crippen LogP contribution in [0.1, 0.15) is 5.56 Å². The standard InChI is InChI=1S/C17H14N2O6/c1-9-4-5-10-12(7-9)25-15(11-3-2-6-23-11)16(14(10)21)24-8-13(20)19-17(18)22/h2-7H,8H2,1H3,(H3,18,19,20,22). The molecule has 0 spiro atoms. The normalized spacial score (nSPS) is 10.6. The van der Waals surface area contributed by atoms with E-state index in [1.807, 2.05) is 12.2 Å². The first-order chi connectivity index (χ1) is 12.0.